The van der Waals surface area contributed by atoms with Crippen LogP contribution in [0.1, 0.15) is 28.4 Å². The summed E-state index contributed by atoms with van der Waals surface area (Å²) in [6, 6.07) is 17.6. The van der Waals surface area contributed by atoms with Gasteiger partial charge < -0.3 is 5.73 Å². The van der Waals surface area contributed by atoms with Crippen LogP contribution in [0.15, 0.2) is 60.0 Å². The summed E-state index contributed by atoms with van der Waals surface area (Å²) < 4.78 is 0. The molecule has 0 amide bonds. The van der Waals surface area contributed by atoms with Gasteiger partial charge in [-0.05, 0) is 17.5 Å². The molecule has 110 valence electrons. The Morgan fingerprint density at radius 2 is 1.73 bits per heavy atom. The third-order valence-corrected chi connectivity index (χ3v) is 4.57. The SMILES string of the molecule is CCc1ccc(-c2csc(N)c2C(=O)c2ccccc2)cc1. The van der Waals surface area contributed by atoms with E-state index in [2.05, 4.69) is 31.2 Å². The number of hydrogen-bond acceptors (Lipinski definition) is 3. The fourth-order valence-corrected chi connectivity index (χ4v) is 3.29. The van der Waals surface area contributed by atoms with Gasteiger partial charge >= 0.3 is 0 Å². The summed E-state index contributed by atoms with van der Waals surface area (Å²) in [6.45, 7) is 2.13. The van der Waals surface area contributed by atoms with E-state index in [0.717, 1.165) is 17.5 Å². The van der Waals surface area contributed by atoms with Crippen LogP contribution in [-0.4, -0.2) is 5.78 Å². The Balaban J connectivity index is 2.05. The van der Waals surface area contributed by atoms with E-state index in [9.17, 15) is 4.79 Å². The number of aryl methyl sites for hydroxylation is 1. The third-order valence-electron chi connectivity index (χ3n) is 3.76. The van der Waals surface area contributed by atoms with E-state index in [-0.39, 0.29) is 5.78 Å². The molecule has 0 bridgehead atoms. The zero-order valence-electron chi connectivity index (χ0n) is 12.4. The first-order chi connectivity index (χ1) is 10.7. The van der Waals surface area contributed by atoms with Crippen LogP contribution >= 0.6 is 11.3 Å². The summed E-state index contributed by atoms with van der Waals surface area (Å²) >= 11 is 1.42. The molecule has 0 fully saturated rings. The van der Waals surface area contributed by atoms with Crippen molar-refractivity contribution in [2.24, 2.45) is 0 Å². The van der Waals surface area contributed by atoms with Crippen LogP contribution in [0.4, 0.5) is 5.00 Å². The van der Waals surface area contributed by atoms with Crippen LogP contribution in [0.5, 0.6) is 0 Å². The maximum atomic E-state index is 12.8. The number of nitrogens with two attached hydrogens (primary N) is 1. The maximum Gasteiger partial charge on any atom is 0.196 e. The first kappa shape index (κ1) is 14.5. The molecule has 3 rings (SSSR count). The van der Waals surface area contributed by atoms with E-state index in [1.165, 1.54) is 16.9 Å². The van der Waals surface area contributed by atoms with Gasteiger partial charge in [0.05, 0.1) is 10.6 Å². The number of ketones is 1. The largest absolute Gasteiger partial charge is 0.390 e. The van der Waals surface area contributed by atoms with Gasteiger partial charge in [-0.1, -0.05) is 61.5 Å². The zero-order valence-corrected chi connectivity index (χ0v) is 13.2. The lowest BCUT2D eigenvalue weighted by Crippen LogP contribution is -2.04. The number of hydrogen-bond donors (Lipinski definition) is 1. The standard InChI is InChI=1S/C19H17NOS/c1-2-13-8-10-14(11-9-13)16-12-22-19(20)17(16)18(21)15-6-4-3-5-7-15/h3-12H,2,20H2,1H3. The van der Waals surface area contributed by atoms with Gasteiger partial charge in [0.2, 0.25) is 0 Å². The van der Waals surface area contributed by atoms with E-state index in [0.29, 0.717) is 16.1 Å². The Hall–Kier alpha value is -2.39. The number of carbonyl (C=O) groups excluding carboxylic acids is 1. The molecule has 0 aliphatic carbocycles. The van der Waals surface area contributed by atoms with Crippen LogP contribution in [0.25, 0.3) is 11.1 Å². The first-order valence-corrected chi connectivity index (χ1v) is 8.14. The topological polar surface area (TPSA) is 43.1 Å². The van der Waals surface area contributed by atoms with E-state index in [4.69, 9.17) is 5.73 Å². The Labute approximate surface area is 134 Å². The van der Waals surface area contributed by atoms with E-state index < -0.39 is 0 Å². The quantitative estimate of drug-likeness (QED) is 0.704. The second-order valence-electron chi connectivity index (χ2n) is 5.13. The minimum absolute atomic E-state index is 0.0195. The number of carbonyl (C=O) groups is 1. The summed E-state index contributed by atoms with van der Waals surface area (Å²) in [5, 5.41) is 2.54. The summed E-state index contributed by atoms with van der Waals surface area (Å²) in [4.78, 5) is 12.8. The molecule has 1 aromatic heterocycles. The van der Waals surface area contributed by atoms with Gasteiger partial charge in [-0.25, -0.2) is 0 Å². The highest BCUT2D eigenvalue weighted by molar-refractivity contribution is 7.15. The molecule has 2 N–H and O–H groups in total. The smallest absolute Gasteiger partial charge is 0.196 e. The number of benzene rings is 2. The number of nitrogen functional groups attached to an aromatic ring is 1. The van der Waals surface area contributed by atoms with Crippen molar-refractivity contribution >= 4 is 22.1 Å². The lowest BCUT2D eigenvalue weighted by Gasteiger charge is -2.06. The molecule has 0 saturated heterocycles. The lowest BCUT2D eigenvalue weighted by atomic mass is 9.96. The second kappa shape index (κ2) is 6.16. The van der Waals surface area contributed by atoms with Gasteiger partial charge in [0.15, 0.2) is 5.78 Å². The molecule has 3 heteroatoms. The van der Waals surface area contributed by atoms with Crippen LogP contribution < -0.4 is 5.73 Å². The molecule has 0 unspecified atom stereocenters. The molecular formula is C19H17NOS. The number of rotatable bonds is 4. The van der Waals surface area contributed by atoms with E-state index in [1.54, 1.807) is 0 Å². The molecular weight excluding hydrogens is 290 g/mol. The average Bonchev–Trinajstić information content (AvgIpc) is 2.96. The van der Waals surface area contributed by atoms with Crippen molar-refractivity contribution in [3.05, 3.63) is 76.7 Å². The van der Waals surface area contributed by atoms with Crippen molar-refractivity contribution in [1.82, 2.24) is 0 Å². The molecule has 0 saturated carbocycles. The van der Waals surface area contributed by atoms with Gasteiger partial charge in [0.1, 0.15) is 0 Å². The van der Waals surface area contributed by atoms with Gasteiger partial charge in [-0.2, -0.15) is 0 Å². The van der Waals surface area contributed by atoms with Gasteiger partial charge in [0.25, 0.3) is 0 Å². The monoisotopic (exact) mass is 307 g/mol. The third kappa shape index (κ3) is 2.68. The first-order valence-electron chi connectivity index (χ1n) is 7.26. The lowest BCUT2D eigenvalue weighted by molar-refractivity contribution is 0.104. The molecule has 1 heterocycles. The summed E-state index contributed by atoms with van der Waals surface area (Å²) in [5.41, 5.74) is 10.6. The summed E-state index contributed by atoms with van der Waals surface area (Å²) in [5.74, 6) is -0.0195. The molecule has 2 nitrogen and oxygen atoms in total. The zero-order chi connectivity index (χ0) is 15.5. The van der Waals surface area contributed by atoms with Crippen LogP contribution in [0.3, 0.4) is 0 Å². The van der Waals surface area contributed by atoms with Crippen LogP contribution in [0, 0.1) is 0 Å². The van der Waals surface area contributed by atoms with Crippen molar-refractivity contribution in [3.8, 4) is 11.1 Å². The summed E-state index contributed by atoms with van der Waals surface area (Å²) in [6.07, 6.45) is 1.00. The number of thiophene rings is 1. The molecule has 3 aromatic rings. The molecule has 0 aliphatic rings. The van der Waals surface area contributed by atoms with Crippen molar-refractivity contribution < 1.29 is 4.79 Å². The molecule has 0 aliphatic heterocycles. The van der Waals surface area contributed by atoms with E-state index in [1.807, 2.05) is 35.7 Å². The molecule has 0 atom stereocenters. The highest BCUT2D eigenvalue weighted by atomic mass is 32.1. The molecule has 0 spiro atoms. The Kier molecular flexibility index (Phi) is 4.07. The van der Waals surface area contributed by atoms with Crippen molar-refractivity contribution in [1.29, 1.82) is 0 Å². The van der Waals surface area contributed by atoms with Crippen molar-refractivity contribution in [3.63, 3.8) is 0 Å². The number of anilines is 1. The highest BCUT2D eigenvalue weighted by Crippen LogP contribution is 2.35. The van der Waals surface area contributed by atoms with Crippen LogP contribution in [-0.2, 0) is 6.42 Å². The summed E-state index contributed by atoms with van der Waals surface area (Å²) in [7, 11) is 0. The van der Waals surface area contributed by atoms with Crippen LogP contribution in [0.2, 0.25) is 0 Å². The molecule has 22 heavy (non-hydrogen) atoms. The highest BCUT2D eigenvalue weighted by Gasteiger charge is 2.19. The Morgan fingerprint density at radius 1 is 1.05 bits per heavy atom. The fourth-order valence-electron chi connectivity index (χ4n) is 2.47. The Bertz CT molecular complexity index is 788. The predicted molar refractivity (Wildman–Crippen MR) is 93.4 cm³/mol. The average molecular weight is 307 g/mol. The van der Waals surface area contributed by atoms with Crippen molar-refractivity contribution in [2.75, 3.05) is 5.73 Å². The van der Waals surface area contributed by atoms with Gasteiger partial charge in [-0.3, -0.25) is 4.79 Å². The maximum absolute atomic E-state index is 12.8. The predicted octanol–water partition coefficient (Wildman–Crippen LogP) is 4.79. The second-order valence-corrected chi connectivity index (χ2v) is 6.05. The Morgan fingerprint density at radius 3 is 2.36 bits per heavy atom. The molecule has 0 radical (unpaired) electrons. The minimum Gasteiger partial charge on any atom is -0.390 e. The minimum atomic E-state index is -0.0195. The van der Waals surface area contributed by atoms with Crippen molar-refractivity contribution in [2.45, 2.75) is 13.3 Å². The normalized spacial score (nSPS) is 10.6. The van der Waals surface area contributed by atoms with E-state index >= 15 is 0 Å². The molecule has 2 aromatic carbocycles. The van der Waals surface area contributed by atoms with Gasteiger partial charge in [0, 0.05) is 16.5 Å². The van der Waals surface area contributed by atoms with Gasteiger partial charge in [-0.15, -0.1) is 11.3 Å². The fraction of sp³-hybridized carbons (Fsp3) is 0.105.